The lowest BCUT2D eigenvalue weighted by Gasteiger charge is -2.30. The van der Waals surface area contributed by atoms with Gasteiger partial charge in [-0.3, -0.25) is 9.79 Å². The van der Waals surface area contributed by atoms with Crippen molar-refractivity contribution in [1.82, 2.24) is 0 Å². The van der Waals surface area contributed by atoms with Crippen molar-refractivity contribution in [2.45, 2.75) is 71.3 Å². The molecule has 0 bridgehead atoms. The first-order valence-corrected chi connectivity index (χ1v) is 8.80. The molecule has 1 fully saturated rings. The third kappa shape index (κ3) is 3.49. The Hall–Kier alpha value is -1.64. The van der Waals surface area contributed by atoms with E-state index >= 15 is 0 Å². The zero-order valence-electron chi connectivity index (χ0n) is 14.5. The van der Waals surface area contributed by atoms with Crippen LogP contribution in [-0.4, -0.2) is 22.1 Å². The van der Waals surface area contributed by atoms with Gasteiger partial charge in [0.2, 0.25) is 0 Å². The summed E-state index contributed by atoms with van der Waals surface area (Å²) < 4.78 is 0. The Morgan fingerprint density at radius 3 is 2.65 bits per heavy atom. The third-order valence-corrected chi connectivity index (χ3v) is 5.20. The lowest BCUT2D eigenvalue weighted by Crippen LogP contribution is -2.31. The molecule has 1 heterocycles. The van der Waals surface area contributed by atoms with Gasteiger partial charge in [0.25, 0.3) is 0 Å². The summed E-state index contributed by atoms with van der Waals surface area (Å²) in [5, 5.41) is 10.1. The van der Waals surface area contributed by atoms with Gasteiger partial charge in [0, 0.05) is 17.9 Å². The second-order valence-corrected chi connectivity index (χ2v) is 7.82. The highest BCUT2D eigenvalue weighted by atomic mass is 16.3. The summed E-state index contributed by atoms with van der Waals surface area (Å²) >= 11 is 0. The molecule has 3 nitrogen and oxygen atoms in total. The number of benzene rings is 1. The van der Waals surface area contributed by atoms with Gasteiger partial charge in [0.1, 0.15) is 11.5 Å². The molecule has 1 saturated carbocycles. The summed E-state index contributed by atoms with van der Waals surface area (Å²) in [6, 6.07) is 3.85. The predicted octanol–water partition coefficient (Wildman–Crippen LogP) is 4.36. The summed E-state index contributed by atoms with van der Waals surface area (Å²) in [5.41, 5.74) is 3.74. The van der Waals surface area contributed by atoms with Gasteiger partial charge in [-0.1, -0.05) is 25.3 Å². The lowest BCUT2D eigenvalue weighted by atomic mass is 9.81. The molecule has 1 aromatic carbocycles. The number of aromatic hydroxyl groups is 1. The number of hydrogen-bond donors (Lipinski definition) is 1. The molecule has 0 spiro atoms. The van der Waals surface area contributed by atoms with Crippen LogP contribution in [0.25, 0.3) is 0 Å². The van der Waals surface area contributed by atoms with Crippen molar-refractivity contribution in [3.63, 3.8) is 0 Å². The van der Waals surface area contributed by atoms with E-state index in [-0.39, 0.29) is 11.5 Å². The van der Waals surface area contributed by atoms with Gasteiger partial charge in [-0.05, 0) is 57.2 Å². The highest BCUT2D eigenvalue weighted by molar-refractivity contribution is 6.13. The van der Waals surface area contributed by atoms with Crippen LogP contribution < -0.4 is 0 Å². The van der Waals surface area contributed by atoms with Crippen molar-refractivity contribution in [3.8, 4) is 5.75 Å². The van der Waals surface area contributed by atoms with Crippen LogP contribution in [0, 0.1) is 12.8 Å². The molecular formula is C20H27NO2. The summed E-state index contributed by atoms with van der Waals surface area (Å²) in [7, 11) is 0. The van der Waals surface area contributed by atoms with Gasteiger partial charge in [-0.25, -0.2) is 0 Å². The van der Waals surface area contributed by atoms with E-state index in [2.05, 4.69) is 13.8 Å². The fourth-order valence-corrected chi connectivity index (χ4v) is 3.97. The Morgan fingerprint density at radius 2 is 1.96 bits per heavy atom. The molecular weight excluding hydrogens is 286 g/mol. The molecule has 0 radical (unpaired) electrons. The minimum Gasteiger partial charge on any atom is -0.508 e. The minimum atomic E-state index is -0.182. The van der Waals surface area contributed by atoms with Crippen LogP contribution in [0.2, 0.25) is 0 Å². The van der Waals surface area contributed by atoms with Crippen molar-refractivity contribution in [3.05, 3.63) is 28.8 Å². The van der Waals surface area contributed by atoms with Crippen LogP contribution in [0.4, 0.5) is 0 Å². The van der Waals surface area contributed by atoms with E-state index in [0.29, 0.717) is 18.0 Å². The summed E-state index contributed by atoms with van der Waals surface area (Å²) in [6.45, 7) is 6.15. The number of hydrogen-bond acceptors (Lipinski definition) is 3. The maximum Gasteiger partial charge on any atom is 0.141 e. The van der Waals surface area contributed by atoms with E-state index in [4.69, 9.17) is 4.99 Å². The Labute approximate surface area is 138 Å². The molecule has 2 aliphatic rings. The van der Waals surface area contributed by atoms with Gasteiger partial charge >= 0.3 is 0 Å². The fourth-order valence-electron chi connectivity index (χ4n) is 3.97. The number of ketones is 1. The standard InChI is InChI=1S/C20H27NO2/c1-13-9-15-12-20(2,3)21-17(16(15)10-18(13)22)11-19(23)14-7-5-4-6-8-14/h9-10,14,22H,4-8,11-12H2,1-3H3. The van der Waals surface area contributed by atoms with Crippen molar-refractivity contribution < 1.29 is 9.90 Å². The number of aliphatic imine (C=N–C) groups is 1. The van der Waals surface area contributed by atoms with Gasteiger partial charge in [0.15, 0.2) is 0 Å². The Bertz CT molecular complexity index is 652. The SMILES string of the molecule is Cc1cc2c(cc1O)C(CC(=O)C1CCCCC1)=NC(C)(C)C2. The van der Waals surface area contributed by atoms with Crippen LogP contribution in [0.5, 0.6) is 5.75 Å². The maximum atomic E-state index is 12.7. The molecule has 0 unspecified atom stereocenters. The largest absolute Gasteiger partial charge is 0.508 e. The van der Waals surface area contributed by atoms with Crippen molar-refractivity contribution in [1.29, 1.82) is 0 Å². The monoisotopic (exact) mass is 313 g/mol. The average molecular weight is 313 g/mol. The molecule has 1 aliphatic carbocycles. The van der Waals surface area contributed by atoms with Gasteiger partial charge in [0.05, 0.1) is 11.3 Å². The molecule has 0 aromatic heterocycles. The molecule has 3 rings (SSSR count). The molecule has 0 atom stereocenters. The van der Waals surface area contributed by atoms with E-state index in [1.807, 2.05) is 13.0 Å². The predicted molar refractivity (Wildman–Crippen MR) is 93.4 cm³/mol. The number of phenols is 1. The Balaban J connectivity index is 1.89. The number of fused-ring (bicyclic) bond motifs is 1. The molecule has 1 aromatic rings. The zero-order valence-corrected chi connectivity index (χ0v) is 14.5. The number of carbonyl (C=O) groups excluding carboxylic acids is 1. The first-order valence-electron chi connectivity index (χ1n) is 8.80. The second-order valence-electron chi connectivity index (χ2n) is 7.82. The van der Waals surface area contributed by atoms with Crippen LogP contribution >= 0.6 is 0 Å². The average Bonchev–Trinajstić information content (AvgIpc) is 2.49. The summed E-state index contributed by atoms with van der Waals surface area (Å²) in [5.74, 6) is 0.826. The van der Waals surface area contributed by atoms with E-state index in [1.165, 1.54) is 24.8 Å². The summed E-state index contributed by atoms with van der Waals surface area (Å²) in [4.78, 5) is 17.5. The summed E-state index contributed by atoms with van der Waals surface area (Å²) in [6.07, 6.45) is 6.92. The fraction of sp³-hybridized carbons (Fsp3) is 0.600. The first kappa shape index (κ1) is 16.2. The van der Waals surface area contributed by atoms with Crippen molar-refractivity contribution in [2.75, 3.05) is 0 Å². The van der Waals surface area contributed by atoms with Crippen LogP contribution in [0.15, 0.2) is 17.1 Å². The number of Topliss-reactive ketones (excluding diaryl/α,β-unsaturated/α-hetero) is 1. The normalized spacial score (nSPS) is 20.7. The maximum absolute atomic E-state index is 12.7. The number of nitrogens with zero attached hydrogens (tertiary/aromatic N) is 1. The lowest BCUT2D eigenvalue weighted by molar-refractivity contribution is -0.122. The van der Waals surface area contributed by atoms with Gasteiger partial charge in [-0.2, -0.15) is 0 Å². The molecule has 124 valence electrons. The molecule has 0 saturated heterocycles. The van der Waals surface area contributed by atoms with E-state index in [0.717, 1.165) is 36.1 Å². The molecule has 1 aliphatic heterocycles. The number of aryl methyl sites for hydroxylation is 1. The second kappa shape index (κ2) is 6.10. The number of phenolic OH excluding ortho intramolecular Hbond substituents is 1. The smallest absolute Gasteiger partial charge is 0.141 e. The quantitative estimate of drug-likeness (QED) is 0.901. The highest BCUT2D eigenvalue weighted by Gasteiger charge is 2.30. The van der Waals surface area contributed by atoms with Crippen LogP contribution in [-0.2, 0) is 11.2 Å². The van der Waals surface area contributed by atoms with E-state index < -0.39 is 0 Å². The third-order valence-electron chi connectivity index (χ3n) is 5.20. The van der Waals surface area contributed by atoms with Gasteiger partial charge < -0.3 is 5.11 Å². The first-order chi connectivity index (χ1) is 10.9. The van der Waals surface area contributed by atoms with Crippen LogP contribution in [0.1, 0.15) is 69.1 Å². The molecule has 1 N–H and O–H groups in total. The van der Waals surface area contributed by atoms with Crippen molar-refractivity contribution >= 4 is 11.5 Å². The Kier molecular flexibility index (Phi) is 4.31. The van der Waals surface area contributed by atoms with E-state index in [9.17, 15) is 9.90 Å². The van der Waals surface area contributed by atoms with Crippen molar-refractivity contribution in [2.24, 2.45) is 10.9 Å². The molecule has 23 heavy (non-hydrogen) atoms. The van der Waals surface area contributed by atoms with Gasteiger partial charge in [-0.15, -0.1) is 0 Å². The molecule has 0 amide bonds. The van der Waals surface area contributed by atoms with E-state index in [1.54, 1.807) is 6.07 Å². The molecule has 3 heteroatoms. The van der Waals surface area contributed by atoms with Crippen LogP contribution in [0.3, 0.4) is 0 Å². The number of rotatable bonds is 3. The minimum absolute atomic E-state index is 0.182. The highest BCUT2D eigenvalue weighted by Crippen LogP contribution is 2.33. The Morgan fingerprint density at radius 1 is 1.26 bits per heavy atom. The zero-order chi connectivity index (χ0) is 16.6. The topological polar surface area (TPSA) is 49.7 Å². The number of carbonyl (C=O) groups is 1.